The maximum Gasteiger partial charge on any atom is 0.288 e. The molecule has 29 heavy (non-hydrogen) atoms. The molecule has 2 heterocycles. The topological polar surface area (TPSA) is 114 Å². The van der Waals surface area contributed by atoms with Gasteiger partial charge in [0, 0.05) is 34.7 Å². The Kier molecular flexibility index (Phi) is 4.99. The Bertz CT molecular complexity index is 1160. The van der Waals surface area contributed by atoms with Gasteiger partial charge in [-0.1, -0.05) is 17.7 Å². The zero-order chi connectivity index (χ0) is 20.5. The number of anilines is 2. The smallest absolute Gasteiger partial charge is 0.288 e. The molecule has 1 aliphatic heterocycles. The van der Waals surface area contributed by atoms with Gasteiger partial charge in [0.2, 0.25) is 5.91 Å². The molecule has 10 heteroatoms. The summed E-state index contributed by atoms with van der Waals surface area (Å²) in [6.07, 6.45) is 1.11. The minimum Gasteiger partial charge on any atom is -0.326 e. The number of carbonyl (C=O) groups is 2. The normalized spacial score (nSPS) is 12.8. The highest BCUT2D eigenvalue weighted by Gasteiger charge is 2.18. The van der Waals surface area contributed by atoms with Gasteiger partial charge >= 0.3 is 0 Å². The number of halogens is 1. The first-order valence-corrected chi connectivity index (χ1v) is 9.80. The number of nitrogens with zero attached hydrogens (tertiary/aromatic N) is 2. The molecule has 0 aliphatic carbocycles. The van der Waals surface area contributed by atoms with E-state index in [1.807, 2.05) is 23.6 Å². The van der Waals surface area contributed by atoms with Crippen LogP contribution in [-0.4, -0.2) is 21.7 Å². The van der Waals surface area contributed by atoms with Crippen molar-refractivity contribution in [3.63, 3.8) is 0 Å². The van der Waals surface area contributed by atoms with Crippen molar-refractivity contribution in [1.82, 2.24) is 4.98 Å². The number of nitro benzene ring substituents is 1. The van der Waals surface area contributed by atoms with E-state index in [1.54, 1.807) is 0 Å². The van der Waals surface area contributed by atoms with Crippen LogP contribution in [0.15, 0.2) is 41.8 Å². The number of rotatable bonds is 4. The molecule has 146 valence electrons. The lowest BCUT2D eigenvalue weighted by molar-refractivity contribution is -0.384. The second kappa shape index (κ2) is 7.61. The molecule has 0 atom stereocenters. The molecule has 3 aromatic rings. The number of hydrogen-bond acceptors (Lipinski definition) is 6. The summed E-state index contributed by atoms with van der Waals surface area (Å²) in [5.74, 6) is -0.509. The number of fused-ring (bicyclic) bond motifs is 1. The lowest BCUT2D eigenvalue weighted by Crippen LogP contribution is -2.18. The summed E-state index contributed by atoms with van der Waals surface area (Å²) >= 11 is 7.02. The van der Waals surface area contributed by atoms with E-state index in [9.17, 15) is 19.7 Å². The third kappa shape index (κ3) is 3.96. The third-order valence-corrected chi connectivity index (χ3v) is 5.50. The SMILES string of the molecule is O=C1CCc2cc(-c3csc(NC(=O)c4ccc(Cl)c([N+](=O)[O-])c4)n3)ccc2N1. The molecule has 8 nitrogen and oxygen atoms in total. The number of aromatic nitrogens is 1. The van der Waals surface area contributed by atoms with Crippen LogP contribution in [0.4, 0.5) is 16.5 Å². The number of amides is 2. The van der Waals surface area contributed by atoms with Crippen LogP contribution in [0.1, 0.15) is 22.3 Å². The molecule has 0 saturated heterocycles. The lowest BCUT2D eigenvalue weighted by atomic mass is 9.99. The molecular formula is C19H13ClN4O4S. The quantitative estimate of drug-likeness (QED) is 0.468. The summed E-state index contributed by atoms with van der Waals surface area (Å²) in [6, 6.07) is 9.52. The van der Waals surface area contributed by atoms with Crippen molar-refractivity contribution in [2.75, 3.05) is 10.6 Å². The molecule has 1 aromatic heterocycles. The van der Waals surface area contributed by atoms with Crippen molar-refractivity contribution in [2.45, 2.75) is 12.8 Å². The van der Waals surface area contributed by atoms with Gasteiger partial charge in [0.1, 0.15) is 5.02 Å². The van der Waals surface area contributed by atoms with Crippen LogP contribution < -0.4 is 10.6 Å². The van der Waals surface area contributed by atoms with E-state index < -0.39 is 10.8 Å². The Hall–Kier alpha value is -3.30. The van der Waals surface area contributed by atoms with Crippen LogP contribution in [-0.2, 0) is 11.2 Å². The monoisotopic (exact) mass is 428 g/mol. The molecule has 2 amide bonds. The van der Waals surface area contributed by atoms with Crippen LogP contribution in [0.25, 0.3) is 11.3 Å². The predicted molar refractivity (Wildman–Crippen MR) is 111 cm³/mol. The van der Waals surface area contributed by atoms with Crippen LogP contribution in [0.3, 0.4) is 0 Å². The molecule has 0 unspecified atom stereocenters. The minimum atomic E-state index is -0.640. The van der Waals surface area contributed by atoms with Gasteiger partial charge in [-0.15, -0.1) is 11.3 Å². The molecule has 0 bridgehead atoms. The first kappa shape index (κ1) is 19.0. The van der Waals surface area contributed by atoms with Crippen molar-refractivity contribution < 1.29 is 14.5 Å². The van der Waals surface area contributed by atoms with Crippen LogP contribution in [0, 0.1) is 10.1 Å². The maximum absolute atomic E-state index is 12.4. The molecule has 2 N–H and O–H groups in total. The third-order valence-electron chi connectivity index (χ3n) is 4.43. The molecule has 0 radical (unpaired) electrons. The van der Waals surface area contributed by atoms with Gasteiger partial charge in [0.15, 0.2) is 5.13 Å². The van der Waals surface area contributed by atoms with Gasteiger partial charge in [-0.25, -0.2) is 4.98 Å². The second-order valence-electron chi connectivity index (χ2n) is 6.34. The summed E-state index contributed by atoms with van der Waals surface area (Å²) in [6.45, 7) is 0. The fourth-order valence-electron chi connectivity index (χ4n) is 2.97. The van der Waals surface area contributed by atoms with Crippen molar-refractivity contribution in [3.05, 3.63) is 68.0 Å². The van der Waals surface area contributed by atoms with Crippen LogP contribution in [0.2, 0.25) is 5.02 Å². The average molecular weight is 429 g/mol. The summed E-state index contributed by atoms with van der Waals surface area (Å²) in [4.78, 5) is 38.7. The number of benzene rings is 2. The summed E-state index contributed by atoms with van der Waals surface area (Å²) < 4.78 is 0. The fraction of sp³-hybridized carbons (Fsp3) is 0.105. The number of aryl methyl sites for hydroxylation is 1. The van der Waals surface area contributed by atoms with E-state index in [2.05, 4.69) is 15.6 Å². The van der Waals surface area contributed by atoms with E-state index in [0.29, 0.717) is 23.7 Å². The Morgan fingerprint density at radius 3 is 2.86 bits per heavy atom. The predicted octanol–water partition coefficient (Wildman–Crippen LogP) is 4.51. The number of nitrogens with one attached hydrogen (secondary N) is 2. The zero-order valence-corrected chi connectivity index (χ0v) is 16.3. The first-order chi connectivity index (χ1) is 13.9. The summed E-state index contributed by atoms with van der Waals surface area (Å²) in [5, 5.41) is 18.6. The molecular weight excluding hydrogens is 416 g/mol. The Labute approximate surface area is 173 Å². The number of thiazole rings is 1. The number of nitro groups is 1. The van der Waals surface area contributed by atoms with Gasteiger partial charge in [-0.3, -0.25) is 25.0 Å². The molecule has 2 aromatic carbocycles. The highest BCUT2D eigenvalue weighted by atomic mass is 35.5. The average Bonchev–Trinajstić information content (AvgIpc) is 3.16. The Morgan fingerprint density at radius 2 is 2.07 bits per heavy atom. The molecule has 4 rings (SSSR count). The standard InChI is InChI=1S/C19H13ClN4O4S/c20-13-4-1-12(8-16(13)24(27)28)18(26)23-19-22-15(9-29-19)11-2-5-14-10(7-11)3-6-17(25)21-14/h1-2,4-5,7-9H,3,6H2,(H,21,25)(H,22,23,26). The minimum absolute atomic E-state index is 0.00587. The largest absolute Gasteiger partial charge is 0.326 e. The van der Waals surface area contributed by atoms with E-state index in [1.165, 1.54) is 23.5 Å². The highest BCUT2D eigenvalue weighted by molar-refractivity contribution is 7.14. The maximum atomic E-state index is 12.4. The van der Waals surface area contributed by atoms with Gasteiger partial charge in [-0.05, 0) is 36.2 Å². The van der Waals surface area contributed by atoms with Crippen molar-refractivity contribution in [1.29, 1.82) is 0 Å². The van der Waals surface area contributed by atoms with Gasteiger partial charge < -0.3 is 5.32 Å². The number of carbonyl (C=O) groups excluding carboxylic acids is 2. The molecule has 0 saturated carbocycles. The van der Waals surface area contributed by atoms with Crippen LogP contribution >= 0.6 is 22.9 Å². The van der Waals surface area contributed by atoms with E-state index >= 15 is 0 Å². The highest BCUT2D eigenvalue weighted by Crippen LogP contribution is 2.31. The zero-order valence-electron chi connectivity index (χ0n) is 14.8. The van der Waals surface area contributed by atoms with Gasteiger partial charge in [0.05, 0.1) is 10.6 Å². The van der Waals surface area contributed by atoms with E-state index in [0.717, 1.165) is 22.9 Å². The van der Waals surface area contributed by atoms with Gasteiger partial charge in [0.25, 0.3) is 11.6 Å². The van der Waals surface area contributed by atoms with Crippen molar-refractivity contribution in [2.24, 2.45) is 0 Å². The molecule has 1 aliphatic rings. The first-order valence-electron chi connectivity index (χ1n) is 8.54. The van der Waals surface area contributed by atoms with E-state index in [4.69, 9.17) is 11.6 Å². The fourth-order valence-corrected chi connectivity index (χ4v) is 3.87. The van der Waals surface area contributed by atoms with Gasteiger partial charge in [-0.2, -0.15) is 0 Å². The number of hydrogen-bond donors (Lipinski definition) is 2. The molecule has 0 spiro atoms. The lowest BCUT2D eigenvalue weighted by Gasteiger charge is -2.17. The summed E-state index contributed by atoms with van der Waals surface area (Å²) in [5.41, 5.74) is 3.18. The van der Waals surface area contributed by atoms with Crippen molar-refractivity contribution in [3.8, 4) is 11.3 Å². The summed E-state index contributed by atoms with van der Waals surface area (Å²) in [7, 11) is 0. The van der Waals surface area contributed by atoms with E-state index in [-0.39, 0.29) is 22.2 Å². The Morgan fingerprint density at radius 1 is 1.24 bits per heavy atom. The second-order valence-corrected chi connectivity index (χ2v) is 7.60. The Balaban J connectivity index is 1.53. The van der Waals surface area contributed by atoms with Crippen LogP contribution in [0.5, 0.6) is 0 Å². The molecule has 0 fully saturated rings. The van der Waals surface area contributed by atoms with Crippen molar-refractivity contribution >= 4 is 51.3 Å².